The summed E-state index contributed by atoms with van der Waals surface area (Å²) in [6, 6.07) is 3.79. The van der Waals surface area contributed by atoms with Crippen LogP contribution in [0, 0.1) is 17.2 Å². The predicted molar refractivity (Wildman–Crippen MR) is 66.0 cm³/mol. The lowest BCUT2D eigenvalue weighted by Crippen LogP contribution is -2.25. The molecule has 0 radical (unpaired) electrons. The van der Waals surface area contributed by atoms with Crippen molar-refractivity contribution in [3.05, 3.63) is 23.4 Å². The van der Waals surface area contributed by atoms with E-state index in [0.717, 1.165) is 31.6 Å². The van der Waals surface area contributed by atoms with Crippen LogP contribution in [0.3, 0.4) is 0 Å². The van der Waals surface area contributed by atoms with Gasteiger partial charge in [0, 0.05) is 13.2 Å². The van der Waals surface area contributed by atoms with Crippen LogP contribution >= 0.6 is 0 Å². The summed E-state index contributed by atoms with van der Waals surface area (Å²) < 4.78 is 43.1. The van der Waals surface area contributed by atoms with Crippen LogP contribution in [0.4, 0.5) is 19.0 Å². The number of nitrogens with zero attached hydrogens (tertiary/aromatic N) is 2. The second kappa shape index (κ2) is 6.09. The Morgan fingerprint density at radius 2 is 2.25 bits per heavy atom. The first-order chi connectivity index (χ1) is 9.50. The third-order valence-electron chi connectivity index (χ3n) is 3.12. The monoisotopic (exact) mass is 285 g/mol. The average Bonchev–Trinajstić information content (AvgIpc) is 2.45. The van der Waals surface area contributed by atoms with Gasteiger partial charge in [-0.3, -0.25) is 0 Å². The Morgan fingerprint density at radius 1 is 1.45 bits per heavy atom. The van der Waals surface area contributed by atoms with E-state index in [1.54, 1.807) is 0 Å². The molecule has 0 saturated carbocycles. The lowest BCUT2D eigenvalue weighted by atomic mass is 10.0. The molecule has 1 aromatic rings. The maximum absolute atomic E-state index is 12.6. The smallest absolute Gasteiger partial charge is 0.381 e. The second-order valence-corrected chi connectivity index (χ2v) is 4.67. The lowest BCUT2D eigenvalue weighted by Gasteiger charge is -2.22. The molecule has 2 heterocycles. The van der Waals surface area contributed by atoms with Crippen LogP contribution in [-0.4, -0.2) is 24.7 Å². The van der Waals surface area contributed by atoms with Gasteiger partial charge >= 0.3 is 6.18 Å². The van der Waals surface area contributed by atoms with E-state index in [-0.39, 0.29) is 17.3 Å². The molecule has 1 aromatic heterocycles. The van der Waals surface area contributed by atoms with Gasteiger partial charge in [-0.15, -0.1) is 0 Å². The molecule has 1 fully saturated rings. The molecule has 1 aliphatic heterocycles. The number of nitriles is 1. The number of pyridine rings is 1. The fourth-order valence-electron chi connectivity index (χ4n) is 2.05. The van der Waals surface area contributed by atoms with Crippen molar-refractivity contribution in [2.45, 2.75) is 19.0 Å². The first-order valence-corrected chi connectivity index (χ1v) is 6.30. The standard InChI is InChI=1S/C13H14F3N3O/c14-13(15,16)11-4-3-10(6-17)12(19-11)18-7-9-2-1-5-20-8-9/h3-4,9H,1-2,5,7-8H2,(H,18,19). The van der Waals surface area contributed by atoms with Crippen molar-refractivity contribution in [3.63, 3.8) is 0 Å². The molecule has 1 unspecified atom stereocenters. The Bertz CT molecular complexity index is 505. The van der Waals surface area contributed by atoms with Crippen molar-refractivity contribution in [3.8, 4) is 6.07 Å². The van der Waals surface area contributed by atoms with Gasteiger partial charge in [-0.25, -0.2) is 4.98 Å². The fourth-order valence-corrected chi connectivity index (χ4v) is 2.05. The number of alkyl halides is 3. The Labute approximate surface area is 114 Å². The van der Waals surface area contributed by atoms with Crippen LogP contribution < -0.4 is 5.32 Å². The van der Waals surface area contributed by atoms with Crippen LogP contribution in [0.5, 0.6) is 0 Å². The van der Waals surface area contributed by atoms with E-state index in [0.29, 0.717) is 13.2 Å². The van der Waals surface area contributed by atoms with E-state index >= 15 is 0 Å². The Balaban J connectivity index is 2.10. The number of ether oxygens (including phenoxy) is 1. The summed E-state index contributed by atoms with van der Waals surface area (Å²) in [5.74, 6) is 0.208. The minimum absolute atomic E-state index is 0.0205. The van der Waals surface area contributed by atoms with Gasteiger partial charge in [-0.2, -0.15) is 18.4 Å². The minimum Gasteiger partial charge on any atom is -0.381 e. The molecular weight excluding hydrogens is 271 g/mol. The normalized spacial score (nSPS) is 19.4. The second-order valence-electron chi connectivity index (χ2n) is 4.67. The van der Waals surface area contributed by atoms with E-state index in [4.69, 9.17) is 10.00 Å². The number of anilines is 1. The first kappa shape index (κ1) is 14.6. The summed E-state index contributed by atoms with van der Waals surface area (Å²) in [5.41, 5.74) is -0.895. The van der Waals surface area contributed by atoms with Gasteiger partial charge < -0.3 is 10.1 Å². The summed E-state index contributed by atoms with van der Waals surface area (Å²) in [5, 5.41) is 11.7. The molecular formula is C13H14F3N3O. The van der Waals surface area contributed by atoms with Gasteiger partial charge in [0.05, 0.1) is 12.2 Å². The Hall–Kier alpha value is -1.81. The van der Waals surface area contributed by atoms with Crippen LogP contribution in [-0.2, 0) is 10.9 Å². The summed E-state index contributed by atoms with van der Waals surface area (Å²) in [6.07, 6.45) is -2.63. The van der Waals surface area contributed by atoms with E-state index in [2.05, 4.69) is 10.3 Å². The topological polar surface area (TPSA) is 57.9 Å². The van der Waals surface area contributed by atoms with E-state index in [9.17, 15) is 13.2 Å². The van der Waals surface area contributed by atoms with Gasteiger partial charge in [0.2, 0.25) is 0 Å². The lowest BCUT2D eigenvalue weighted by molar-refractivity contribution is -0.141. The minimum atomic E-state index is -4.52. The van der Waals surface area contributed by atoms with Crippen molar-refractivity contribution in [2.24, 2.45) is 5.92 Å². The van der Waals surface area contributed by atoms with Crippen molar-refractivity contribution in [1.29, 1.82) is 5.26 Å². The summed E-state index contributed by atoms with van der Waals surface area (Å²) in [4.78, 5) is 3.50. The number of nitrogens with one attached hydrogen (secondary N) is 1. The highest BCUT2D eigenvalue weighted by Crippen LogP contribution is 2.29. The highest BCUT2D eigenvalue weighted by atomic mass is 19.4. The van der Waals surface area contributed by atoms with Crippen molar-refractivity contribution >= 4 is 5.82 Å². The predicted octanol–water partition coefficient (Wildman–Crippen LogP) is 2.81. The molecule has 108 valence electrons. The number of aromatic nitrogens is 1. The zero-order valence-corrected chi connectivity index (χ0v) is 10.7. The van der Waals surface area contributed by atoms with Crippen LogP contribution in [0.15, 0.2) is 12.1 Å². The SMILES string of the molecule is N#Cc1ccc(C(F)(F)F)nc1NCC1CCCOC1. The molecule has 0 aromatic carbocycles. The van der Waals surface area contributed by atoms with E-state index < -0.39 is 11.9 Å². The highest BCUT2D eigenvalue weighted by Gasteiger charge is 2.33. The number of hydrogen-bond donors (Lipinski definition) is 1. The summed E-state index contributed by atoms with van der Waals surface area (Å²) in [7, 11) is 0. The van der Waals surface area contributed by atoms with Crippen LogP contribution in [0.25, 0.3) is 0 Å². The number of halogens is 3. The number of rotatable bonds is 3. The molecule has 1 saturated heterocycles. The van der Waals surface area contributed by atoms with E-state index in [1.807, 2.05) is 6.07 Å². The molecule has 0 spiro atoms. The largest absolute Gasteiger partial charge is 0.433 e. The average molecular weight is 285 g/mol. The fraction of sp³-hybridized carbons (Fsp3) is 0.538. The quantitative estimate of drug-likeness (QED) is 0.927. The zero-order chi connectivity index (χ0) is 14.6. The van der Waals surface area contributed by atoms with E-state index in [1.165, 1.54) is 0 Å². The highest BCUT2D eigenvalue weighted by molar-refractivity contribution is 5.52. The summed E-state index contributed by atoms with van der Waals surface area (Å²) in [6.45, 7) is 1.75. The van der Waals surface area contributed by atoms with Gasteiger partial charge in [-0.05, 0) is 30.9 Å². The third-order valence-corrected chi connectivity index (χ3v) is 3.12. The molecule has 4 nitrogen and oxygen atoms in total. The maximum atomic E-state index is 12.6. The van der Waals surface area contributed by atoms with Crippen LogP contribution in [0.2, 0.25) is 0 Å². The zero-order valence-electron chi connectivity index (χ0n) is 10.7. The molecule has 2 rings (SSSR count). The Morgan fingerprint density at radius 3 is 2.85 bits per heavy atom. The van der Waals surface area contributed by atoms with Crippen LogP contribution in [0.1, 0.15) is 24.1 Å². The van der Waals surface area contributed by atoms with Crippen molar-refractivity contribution in [2.75, 3.05) is 25.1 Å². The summed E-state index contributed by atoms with van der Waals surface area (Å²) >= 11 is 0. The molecule has 1 N–H and O–H groups in total. The molecule has 1 atom stereocenters. The first-order valence-electron chi connectivity index (χ1n) is 6.30. The number of hydrogen-bond acceptors (Lipinski definition) is 4. The molecule has 0 aliphatic carbocycles. The van der Waals surface area contributed by atoms with Gasteiger partial charge in [-0.1, -0.05) is 0 Å². The van der Waals surface area contributed by atoms with Gasteiger partial charge in [0.25, 0.3) is 0 Å². The molecule has 0 bridgehead atoms. The Kier molecular flexibility index (Phi) is 4.45. The third kappa shape index (κ3) is 3.61. The molecule has 20 heavy (non-hydrogen) atoms. The van der Waals surface area contributed by atoms with Crippen molar-refractivity contribution < 1.29 is 17.9 Å². The van der Waals surface area contributed by atoms with Gasteiger partial charge in [0.1, 0.15) is 17.6 Å². The van der Waals surface area contributed by atoms with Gasteiger partial charge in [0.15, 0.2) is 0 Å². The molecule has 1 aliphatic rings. The molecule has 0 amide bonds. The van der Waals surface area contributed by atoms with Crippen molar-refractivity contribution in [1.82, 2.24) is 4.98 Å². The maximum Gasteiger partial charge on any atom is 0.433 e. The molecule has 7 heteroatoms.